The monoisotopic (exact) mass is 227 g/mol. The molecular weight excluding hydrogens is 214 g/mol. The lowest BCUT2D eigenvalue weighted by Gasteiger charge is -2.26. The first-order valence-corrected chi connectivity index (χ1v) is 6.37. The summed E-state index contributed by atoms with van der Waals surface area (Å²) in [4.78, 5) is 0.120. The molecule has 0 spiro atoms. The van der Waals surface area contributed by atoms with Crippen molar-refractivity contribution in [1.29, 1.82) is 0 Å². The molecule has 0 atom stereocenters. The number of phenols is 1. The van der Waals surface area contributed by atoms with Gasteiger partial charge in [0.15, 0.2) is 0 Å². The summed E-state index contributed by atoms with van der Waals surface area (Å²) >= 11 is 0. The Bertz CT molecular complexity index is 451. The molecule has 15 heavy (non-hydrogen) atoms. The standard InChI is InChI=1S/C10H13NO3S/c12-9-5-2-6-10(7-9)15(13,14)11-8-3-1-4-8/h2,5-8,11-12H,1,3-4H2. The molecule has 1 aliphatic rings. The first kappa shape index (κ1) is 10.4. The number of nitrogens with one attached hydrogen (secondary N) is 1. The van der Waals surface area contributed by atoms with E-state index in [0.29, 0.717) is 0 Å². The lowest BCUT2D eigenvalue weighted by Crippen LogP contribution is -2.39. The van der Waals surface area contributed by atoms with Gasteiger partial charge in [0, 0.05) is 6.04 Å². The van der Waals surface area contributed by atoms with Gasteiger partial charge < -0.3 is 5.11 Å². The Morgan fingerprint density at radius 2 is 2.07 bits per heavy atom. The second-order valence-corrected chi connectivity index (χ2v) is 5.46. The van der Waals surface area contributed by atoms with E-state index in [1.165, 1.54) is 24.3 Å². The molecule has 0 unspecified atom stereocenters. The van der Waals surface area contributed by atoms with Gasteiger partial charge in [-0.2, -0.15) is 0 Å². The molecule has 5 heteroatoms. The minimum absolute atomic E-state index is 0.0357. The maximum Gasteiger partial charge on any atom is 0.240 e. The Morgan fingerprint density at radius 1 is 1.33 bits per heavy atom. The van der Waals surface area contributed by atoms with Gasteiger partial charge in [-0.3, -0.25) is 0 Å². The van der Waals surface area contributed by atoms with Gasteiger partial charge in [-0.1, -0.05) is 12.5 Å². The van der Waals surface area contributed by atoms with Crippen molar-refractivity contribution in [3.05, 3.63) is 24.3 Å². The Labute approximate surface area is 89.0 Å². The van der Waals surface area contributed by atoms with Crippen LogP contribution in [-0.4, -0.2) is 19.6 Å². The van der Waals surface area contributed by atoms with Crippen molar-refractivity contribution in [3.8, 4) is 5.75 Å². The normalized spacial score (nSPS) is 17.3. The smallest absolute Gasteiger partial charge is 0.240 e. The fourth-order valence-corrected chi connectivity index (χ4v) is 2.81. The molecular formula is C10H13NO3S. The number of aromatic hydroxyl groups is 1. The number of hydrogen-bond acceptors (Lipinski definition) is 3. The first-order chi connectivity index (χ1) is 7.08. The predicted molar refractivity (Wildman–Crippen MR) is 56.1 cm³/mol. The maximum absolute atomic E-state index is 11.8. The molecule has 0 saturated heterocycles. The van der Waals surface area contributed by atoms with Crippen molar-refractivity contribution in [3.63, 3.8) is 0 Å². The summed E-state index contributed by atoms with van der Waals surface area (Å²) in [5.41, 5.74) is 0. The highest BCUT2D eigenvalue weighted by atomic mass is 32.2. The second kappa shape index (κ2) is 3.83. The molecule has 0 bridgehead atoms. The van der Waals surface area contributed by atoms with Crippen LogP contribution in [-0.2, 0) is 10.0 Å². The highest BCUT2D eigenvalue weighted by Gasteiger charge is 2.24. The van der Waals surface area contributed by atoms with Gasteiger partial charge in [0.1, 0.15) is 5.75 Å². The number of hydrogen-bond donors (Lipinski definition) is 2. The van der Waals surface area contributed by atoms with E-state index in [9.17, 15) is 13.5 Å². The minimum Gasteiger partial charge on any atom is -0.508 e. The Morgan fingerprint density at radius 3 is 2.60 bits per heavy atom. The summed E-state index contributed by atoms with van der Waals surface area (Å²) in [5, 5.41) is 9.19. The number of sulfonamides is 1. The highest BCUT2D eigenvalue weighted by Crippen LogP contribution is 2.22. The molecule has 0 heterocycles. The molecule has 1 aromatic carbocycles. The molecule has 1 saturated carbocycles. The molecule has 4 nitrogen and oxygen atoms in total. The van der Waals surface area contributed by atoms with E-state index in [-0.39, 0.29) is 16.7 Å². The van der Waals surface area contributed by atoms with Crippen LogP contribution < -0.4 is 4.72 Å². The number of phenolic OH excluding ortho intramolecular Hbond substituents is 1. The van der Waals surface area contributed by atoms with E-state index in [4.69, 9.17) is 0 Å². The summed E-state index contributed by atoms with van der Waals surface area (Å²) in [6, 6.07) is 5.76. The van der Waals surface area contributed by atoms with Gasteiger partial charge in [-0.15, -0.1) is 0 Å². The van der Waals surface area contributed by atoms with Crippen LogP contribution in [0.15, 0.2) is 29.2 Å². The van der Waals surface area contributed by atoms with Crippen molar-refractivity contribution in [2.45, 2.75) is 30.2 Å². The molecule has 2 rings (SSSR count). The van der Waals surface area contributed by atoms with Crippen molar-refractivity contribution in [2.24, 2.45) is 0 Å². The Kier molecular flexibility index (Phi) is 2.67. The summed E-state index contributed by atoms with van der Waals surface area (Å²) in [6.45, 7) is 0. The summed E-state index contributed by atoms with van der Waals surface area (Å²) in [6.07, 6.45) is 2.88. The molecule has 1 aliphatic carbocycles. The molecule has 0 amide bonds. The second-order valence-electron chi connectivity index (χ2n) is 3.75. The fourth-order valence-electron chi connectivity index (χ4n) is 1.46. The topological polar surface area (TPSA) is 66.4 Å². The van der Waals surface area contributed by atoms with Gasteiger partial charge in [0.2, 0.25) is 10.0 Å². The van der Waals surface area contributed by atoms with Crippen LogP contribution in [0.25, 0.3) is 0 Å². The third-order valence-corrected chi connectivity index (χ3v) is 4.07. The van der Waals surface area contributed by atoms with E-state index in [0.717, 1.165) is 19.3 Å². The van der Waals surface area contributed by atoms with Crippen molar-refractivity contribution < 1.29 is 13.5 Å². The Hall–Kier alpha value is -1.07. The average molecular weight is 227 g/mol. The van der Waals surface area contributed by atoms with E-state index < -0.39 is 10.0 Å². The minimum atomic E-state index is -3.45. The molecule has 0 aliphatic heterocycles. The van der Waals surface area contributed by atoms with Gasteiger partial charge in [-0.05, 0) is 31.0 Å². The van der Waals surface area contributed by atoms with Crippen molar-refractivity contribution in [2.75, 3.05) is 0 Å². The van der Waals surface area contributed by atoms with Crippen LogP contribution in [0.2, 0.25) is 0 Å². The van der Waals surface area contributed by atoms with Crippen LogP contribution >= 0.6 is 0 Å². The number of rotatable bonds is 3. The van der Waals surface area contributed by atoms with Crippen LogP contribution in [0.1, 0.15) is 19.3 Å². The maximum atomic E-state index is 11.8. The van der Waals surface area contributed by atoms with E-state index in [2.05, 4.69) is 4.72 Å². The first-order valence-electron chi connectivity index (χ1n) is 4.89. The lowest BCUT2D eigenvalue weighted by molar-refractivity contribution is 0.383. The summed E-state index contributed by atoms with van der Waals surface area (Å²) in [7, 11) is -3.45. The lowest BCUT2D eigenvalue weighted by atomic mass is 9.94. The zero-order chi connectivity index (χ0) is 10.9. The van der Waals surface area contributed by atoms with E-state index >= 15 is 0 Å². The van der Waals surface area contributed by atoms with E-state index in [1.54, 1.807) is 0 Å². The molecule has 2 N–H and O–H groups in total. The van der Waals surface area contributed by atoms with Crippen LogP contribution in [0.4, 0.5) is 0 Å². The van der Waals surface area contributed by atoms with Gasteiger partial charge >= 0.3 is 0 Å². The van der Waals surface area contributed by atoms with Gasteiger partial charge in [0.05, 0.1) is 4.90 Å². The summed E-state index contributed by atoms with van der Waals surface area (Å²) < 4.78 is 26.1. The predicted octanol–water partition coefficient (Wildman–Crippen LogP) is 1.22. The molecule has 0 aromatic heterocycles. The Balaban J connectivity index is 2.20. The highest BCUT2D eigenvalue weighted by molar-refractivity contribution is 7.89. The van der Waals surface area contributed by atoms with E-state index in [1.807, 2.05) is 0 Å². The quantitative estimate of drug-likeness (QED) is 0.816. The van der Waals surface area contributed by atoms with Crippen LogP contribution in [0, 0.1) is 0 Å². The fraction of sp³-hybridized carbons (Fsp3) is 0.400. The zero-order valence-electron chi connectivity index (χ0n) is 8.18. The SMILES string of the molecule is O=S(=O)(NC1CCC1)c1cccc(O)c1. The third kappa shape index (κ3) is 2.30. The molecule has 82 valence electrons. The van der Waals surface area contributed by atoms with Gasteiger partial charge in [-0.25, -0.2) is 13.1 Å². The molecule has 1 aromatic rings. The molecule has 0 radical (unpaired) electrons. The zero-order valence-corrected chi connectivity index (χ0v) is 9.00. The van der Waals surface area contributed by atoms with Gasteiger partial charge in [0.25, 0.3) is 0 Å². The summed E-state index contributed by atoms with van der Waals surface area (Å²) in [5.74, 6) is -0.0357. The molecule has 1 fully saturated rings. The largest absolute Gasteiger partial charge is 0.508 e. The average Bonchev–Trinajstić information content (AvgIpc) is 2.12. The van der Waals surface area contributed by atoms with Crippen LogP contribution in [0.5, 0.6) is 5.75 Å². The third-order valence-electron chi connectivity index (χ3n) is 2.55. The van der Waals surface area contributed by atoms with Crippen molar-refractivity contribution >= 4 is 10.0 Å². The number of benzene rings is 1. The van der Waals surface area contributed by atoms with Crippen LogP contribution in [0.3, 0.4) is 0 Å². The van der Waals surface area contributed by atoms with Crippen molar-refractivity contribution in [1.82, 2.24) is 4.72 Å².